The maximum absolute atomic E-state index is 12.9. The van der Waals surface area contributed by atoms with Gasteiger partial charge in [-0.05, 0) is 41.5 Å². The van der Waals surface area contributed by atoms with Crippen LogP contribution < -0.4 is 23.7 Å². The molecule has 0 spiro atoms. The predicted molar refractivity (Wildman–Crippen MR) is 150 cm³/mol. The first-order valence-electron chi connectivity index (χ1n) is 11.9. The molecule has 0 aliphatic heterocycles. The van der Waals surface area contributed by atoms with Crippen LogP contribution in [0.5, 0.6) is 28.7 Å². The number of H-pyrrole nitrogens is 1. The standard InChI is InChI=1S/C30H30N2O6/c1-34-26-15-19(10-11-20-16-27(35-2)30(38-5)28(17-20)36-3)14-24(29(26)37-4)31-13-12-25(33)22-18-32-23-9-7-6-8-21(22)23/h6-11,13-18,32H,12H2,1-5H3/b11-10-,31-13?. The van der Waals surface area contributed by atoms with E-state index in [0.717, 1.165) is 22.0 Å². The van der Waals surface area contributed by atoms with Crippen molar-refractivity contribution in [1.29, 1.82) is 0 Å². The lowest BCUT2D eigenvalue weighted by Crippen LogP contribution is -1.98. The Balaban J connectivity index is 1.61. The van der Waals surface area contributed by atoms with Crippen LogP contribution in [-0.4, -0.2) is 52.5 Å². The fraction of sp³-hybridized carbons (Fsp3) is 0.200. The van der Waals surface area contributed by atoms with Gasteiger partial charge in [0.2, 0.25) is 5.75 Å². The van der Waals surface area contributed by atoms with Gasteiger partial charge in [-0.15, -0.1) is 0 Å². The van der Waals surface area contributed by atoms with Gasteiger partial charge < -0.3 is 28.7 Å². The average Bonchev–Trinajstić information content (AvgIpc) is 3.39. The number of aromatic amines is 1. The number of rotatable bonds is 11. The molecular formula is C30H30N2O6. The van der Waals surface area contributed by atoms with Crippen molar-refractivity contribution in [2.24, 2.45) is 4.99 Å². The molecule has 1 aromatic heterocycles. The molecule has 0 atom stereocenters. The van der Waals surface area contributed by atoms with Gasteiger partial charge in [0.25, 0.3) is 0 Å². The summed E-state index contributed by atoms with van der Waals surface area (Å²) in [5.41, 5.74) is 3.78. The van der Waals surface area contributed by atoms with E-state index in [1.54, 1.807) is 48.0 Å². The average molecular weight is 515 g/mol. The smallest absolute Gasteiger partial charge is 0.203 e. The molecule has 38 heavy (non-hydrogen) atoms. The van der Waals surface area contributed by atoms with E-state index in [-0.39, 0.29) is 12.2 Å². The second-order valence-electron chi connectivity index (χ2n) is 8.25. The SMILES string of the molecule is COc1cc(/C=C\c2cc(OC)c(OC)c(OC)c2)cc(N=CCC(=O)c2c[nH]c3ccccc23)c1OC. The Morgan fingerprint density at radius 3 is 1.97 bits per heavy atom. The summed E-state index contributed by atoms with van der Waals surface area (Å²) >= 11 is 0. The zero-order valence-electron chi connectivity index (χ0n) is 22.0. The topological polar surface area (TPSA) is 91.4 Å². The van der Waals surface area contributed by atoms with Gasteiger partial charge in [0.05, 0.1) is 35.5 Å². The molecule has 0 aliphatic carbocycles. The van der Waals surface area contributed by atoms with Gasteiger partial charge in [-0.3, -0.25) is 9.79 Å². The summed E-state index contributed by atoms with van der Waals surface area (Å²) in [4.78, 5) is 20.5. The van der Waals surface area contributed by atoms with Gasteiger partial charge in [-0.2, -0.15) is 0 Å². The quantitative estimate of drug-likeness (QED) is 0.142. The van der Waals surface area contributed by atoms with Gasteiger partial charge >= 0.3 is 0 Å². The van der Waals surface area contributed by atoms with Crippen LogP contribution in [-0.2, 0) is 0 Å². The number of hydrogen-bond acceptors (Lipinski definition) is 7. The summed E-state index contributed by atoms with van der Waals surface area (Å²) in [7, 11) is 7.84. The minimum absolute atomic E-state index is 0.0319. The molecule has 4 aromatic rings. The highest BCUT2D eigenvalue weighted by Gasteiger charge is 2.14. The molecular weight excluding hydrogens is 484 g/mol. The highest BCUT2D eigenvalue weighted by molar-refractivity contribution is 6.12. The molecule has 0 unspecified atom stereocenters. The highest BCUT2D eigenvalue weighted by atomic mass is 16.5. The highest BCUT2D eigenvalue weighted by Crippen LogP contribution is 2.40. The Morgan fingerprint density at radius 1 is 0.789 bits per heavy atom. The van der Waals surface area contributed by atoms with Crippen LogP contribution in [0.2, 0.25) is 0 Å². The van der Waals surface area contributed by atoms with Gasteiger partial charge in [0, 0.05) is 35.3 Å². The maximum Gasteiger partial charge on any atom is 0.203 e. The third-order valence-electron chi connectivity index (χ3n) is 6.03. The normalized spacial score (nSPS) is 11.3. The van der Waals surface area contributed by atoms with Crippen molar-refractivity contribution >= 4 is 40.7 Å². The first-order valence-corrected chi connectivity index (χ1v) is 11.9. The number of benzene rings is 3. The van der Waals surface area contributed by atoms with Crippen molar-refractivity contribution in [3.63, 3.8) is 0 Å². The summed E-state index contributed by atoms with van der Waals surface area (Å²) in [6.07, 6.45) is 7.30. The van der Waals surface area contributed by atoms with E-state index in [0.29, 0.717) is 40.0 Å². The Bertz CT molecular complexity index is 1480. The Hall–Kier alpha value is -4.72. The largest absolute Gasteiger partial charge is 0.493 e. The summed E-state index contributed by atoms with van der Waals surface area (Å²) in [6, 6.07) is 15.1. The van der Waals surface area contributed by atoms with Crippen molar-refractivity contribution < 1.29 is 28.5 Å². The van der Waals surface area contributed by atoms with Crippen molar-refractivity contribution in [3.8, 4) is 28.7 Å². The van der Waals surface area contributed by atoms with Gasteiger partial charge in [0.15, 0.2) is 28.8 Å². The van der Waals surface area contributed by atoms with E-state index in [2.05, 4.69) is 9.98 Å². The minimum atomic E-state index is -0.0319. The van der Waals surface area contributed by atoms with Crippen LogP contribution in [0, 0.1) is 0 Å². The summed E-state index contributed by atoms with van der Waals surface area (Å²) in [6.45, 7) is 0. The van der Waals surface area contributed by atoms with E-state index in [1.165, 1.54) is 0 Å². The molecule has 4 rings (SSSR count). The molecule has 0 saturated carbocycles. The molecule has 0 aliphatic rings. The van der Waals surface area contributed by atoms with Crippen molar-refractivity contribution in [1.82, 2.24) is 4.98 Å². The van der Waals surface area contributed by atoms with E-state index >= 15 is 0 Å². The molecule has 0 amide bonds. The molecule has 0 radical (unpaired) electrons. The number of hydrogen-bond donors (Lipinski definition) is 1. The lowest BCUT2D eigenvalue weighted by molar-refractivity contribution is 0.100. The zero-order chi connectivity index (χ0) is 27.1. The molecule has 1 N–H and O–H groups in total. The van der Waals surface area contributed by atoms with Crippen LogP contribution in [0.4, 0.5) is 5.69 Å². The summed E-state index contributed by atoms with van der Waals surface area (Å²) in [5.74, 6) is 2.61. The lowest BCUT2D eigenvalue weighted by atomic mass is 10.1. The first-order chi connectivity index (χ1) is 18.5. The number of nitrogens with zero attached hydrogens (tertiary/aromatic N) is 1. The van der Waals surface area contributed by atoms with Crippen molar-refractivity contribution in [2.75, 3.05) is 35.5 Å². The van der Waals surface area contributed by atoms with Crippen LogP contribution in [0.3, 0.4) is 0 Å². The summed E-state index contributed by atoms with van der Waals surface area (Å²) in [5, 5.41) is 0.893. The molecule has 196 valence electrons. The zero-order valence-corrected chi connectivity index (χ0v) is 22.0. The fourth-order valence-electron chi connectivity index (χ4n) is 4.19. The van der Waals surface area contributed by atoms with Crippen LogP contribution >= 0.6 is 0 Å². The Kier molecular flexibility index (Phi) is 8.33. The number of Topliss-reactive ketones (excluding diaryl/α,β-unsaturated/α-hetero) is 1. The number of aromatic nitrogens is 1. The third-order valence-corrected chi connectivity index (χ3v) is 6.03. The van der Waals surface area contributed by atoms with Gasteiger partial charge in [0.1, 0.15) is 5.69 Å². The number of ether oxygens (including phenoxy) is 5. The number of para-hydroxylation sites is 1. The number of carbonyl (C=O) groups is 1. The Morgan fingerprint density at radius 2 is 1.37 bits per heavy atom. The van der Waals surface area contributed by atoms with Gasteiger partial charge in [-0.25, -0.2) is 0 Å². The van der Waals surface area contributed by atoms with Crippen LogP contribution in [0.15, 0.2) is 59.7 Å². The van der Waals surface area contributed by atoms with Crippen molar-refractivity contribution in [2.45, 2.75) is 6.42 Å². The molecule has 3 aromatic carbocycles. The Labute approximate surface area is 221 Å². The maximum atomic E-state index is 12.9. The minimum Gasteiger partial charge on any atom is -0.493 e. The monoisotopic (exact) mass is 514 g/mol. The lowest BCUT2D eigenvalue weighted by Gasteiger charge is -2.13. The first kappa shape index (κ1) is 26.3. The number of ketones is 1. The molecule has 0 saturated heterocycles. The van der Waals surface area contributed by atoms with Crippen LogP contribution in [0.25, 0.3) is 23.1 Å². The summed E-state index contributed by atoms with van der Waals surface area (Å²) < 4.78 is 27.4. The second-order valence-corrected chi connectivity index (χ2v) is 8.25. The molecule has 8 nitrogen and oxygen atoms in total. The molecule has 0 fully saturated rings. The van der Waals surface area contributed by atoms with Crippen molar-refractivity contribution in [3.05, 3.63) is 71.4 Å². The number of carbonyl (C=O) groups excluding carboxylic acids is 1. The van der Waals surface area contributed by atoms with Crippen LogP contribution in [0.1, 0.15) is 27.9 Å². The second kappa shape index (κ2) is 12.0. The number of methoxy groups -OCH3 is 5. The molecule has 0 bridgehead atoms. The third kappa shape index (κ3) is 5.49. The molecule has 8 heteroatoms. The number of fused-ring (bicyclic) bond motifs is 1. The van der Waals surface area contributed by atoms with Gasteiger partial charge in [-0.1, -0.05) is 30.4 Å². The van der Waals surface area contributed by atoms with E-state index in [9.17, 15) is 4.79 Å². The number of nitrogens with one attached hydrogen (secondary N) is 1. The van der Waals surface area contributed by atoms with E-state index in [4.69, 9.17) is 23.7 Å². The molecule has 1 heterocycles. The predicted octanol–water partition coefficient (Wildman–Crippen LogP) is 6.36. The van der Waals surface area contributed by atoms with E-state index < -0.39 is 0 Å². The van der Waals surface area contributed by atoms with E-state index in [1.807, 2.05) is 60.7 Å². The number of aliphatic imine (C=N–C) groups is 1. The fourth-order valence-corrected chi connectivity index (χ4v) is 4.19.